The third kappa shape index (κ3) is 8.76. The Morgan fingerprint density at radius 3 is 2.61 bits per heavy atom. The minimum Gasteiger partial charge on any atom is -0.464 e. The van der Waals surface area contributed by atoms with Gasteiger partial charge in [-0.1, -0.05) is 0 Å². The van der Waals surface area contributed by atoms with E-state index in [1.807, 2.05) is 0 Å². The van der Waals surface area contributed by atoms with Gasteiger partial charge in [0.2, 0.25) is 0 Å². The second kappa shape index (κ2) is 9.72. The Balaban J connectivity index is 2.44. The zero-order valence-corrected chi connectivity index (χ0v) is 14.6. The summed E-state index contributed by atoms with van der Waals surface area (Å²) < 4.78 is 21.2. The maximum Gasteiger partial charge on any atom is 0.408 e. The predicted octanol–water partition coefficient (Wildman–Crippen LogP) is 2.38. The molecule has 0 aromatic carbocycles. The fraction of sp³-hybridized carbons (Fsp3) is 0.875. The van der Waals surface area contributed by atoms with Crippen molar-refractivity contribution in [3.05, 3.63) is 0 Å². The lowest BCUT2D eigenvalue weighted by atomic mass is 10.2. The third-order valence-corrected chi connectivity index (χ3v) is 3.11. The first-order chi connectivity index (χ1) is 10.8. The van der Waals surface area contributed by atoms with Gasteiger partial charge in [0.05, 0.1) is 13.2 Å². The van der Waals surface area contributed by atoms with Crippen LogP contribution in [0.15, 0.2) is 0 Å². The Hall–Kier alpha value is -1.34. The molecule has 0 spiro atoms. The number of carbonyl (C=O) groups excluding carboxylic acids is 2. The van der Waals surface area contributed by atoms with Crippen LogP contribution in [0.3, 0.4) is 0 Å². The minimum absolute atomic E-state index is 0.229. The molecule has 23 heavy (non-hydrogen) atoms. The van der Waals surface area contributed by atoms with Crippen LogP contribution >= 0.6 is 0 Å². The summed E-state index contributed by atoms with van der Waals surface area (Å²) in [6.07, 6.45) is 2.40. The number of carbonyl (C=O) groups is 2. The second-order valence-electron chi connectivity index (χ2n) is 6.41. The van der Waals surface area contributed by atoms with Gasteiger partial charge in [0.15, 0.2) is 6.29 Å². The van der Waals surface area contributed by atoms with E-state index in [2.05, 4.69) is 5.32 Å². The van der Waals surface area contributed by atoms with E-state index in [4.69, 9.17) is 18.9 Å². The van der Waals surface area contributed by atoms with E-state index < -0.39 is 23.7 Å². The quantitative estimate of drug-likeness (QED) is 0.721. The summed E-state index contributed by atoms with van der Waals surface area (Å²) in [7, 11) is 0. The molecule has 1 fully saturated rings. The highest BCUT2D eigenvalue weighted by Crippen LogP contribution is 2.14. The largest absolute Gasteiger partial charge is 0.464 e. The Morgan fingerprint density at radius 1 is 1.30 bits per heavy atom. The van der Waals surface area contributed by atoms with Crippen LogP contribution in [-0.2, 0) is 23.7 Å². The molecule has 1 saturated heterocycles. The van der Waals surface area contributed by atoms with Gasteiger partial charge in [0.1, 0.15) is 11.6 Å². The van der Waals surface area contributed by atoms with Crippen LogP contribution in [0.2, 0.25) is 0 Å². The number of ether oxygens (including phenoxy) is 4. The summed E-state index contributed by atoms with van der Waals surface area (Å²) in [6.45, 7) is 8.24. The van der Waals surface area contributed by atoms with Crippen LogP contribution in [0.5, 0.6) is 0 Å². The third-order valence-electron chi connectivity index (χ3n) is 3.11. The average molecular weight is 331 g/mol. The Bertz CT molecular complexity index is 373. The van der Waals surface area contributed by atoms with Crippen LogP contribution in [0.4, 0.5) is 4.79 Å². The molecule has 0 bridgehead atoms. The molecule has 7 heteroatoms. The number of hydrogen-bond donors (Lipinski definition) is 1. The van der Waals surface area contributed by atoms with Crippen molar-refractivity contribution in [2.45, 2.75) is 71.3 Å². The van der Waals surface area contributed by atoms with Gasteiger partial charge in [-0.3, -0.25) is 0 Å². The zero-order valence-electron chi connectivity index (χ0n) is 14.6. The maximum atomic E-state index is 11.9. The van der Waals surface area contributed by atoms with Crippen molar-refractivity contribution in [1.82, 2.24) is 5.32 Å². The Kier molecular flexibility index (Phi) is 8.33. The van der Waals surface area contributed by atoms with Crippen molar-refractivity contribution in [3.63, 3.8) is 0 Å². The van der Waals surface area contributed by atoms with Gasteiger partial charge >= 0.3 is 12.1 Å². The van der Waals surface area contributed by atoms with Crippen molar-refractivity contribution < 1.29 is 28.5 Å². The fourth-order valence-electron chi connectivity index (χ4n) is 2.10. The number of esters is 1. The Morgan fingerprint density at radius 2 is 2.04 bits per heavy atom. The molecule has 0 aromatic rings. The van der Waals surface area contributed by atoms with Crippen molar-refractivity contribution >= 4 is 12.1 Å². The summed E-state index contributed by atoms with van der Waals surface area (Å²) >= 11 is 0. The van der Waals surface area contributed by atoms with E-state index in [9.17, 15) is 9.59 Å². The SMILES string of the molecule is CCOC(=O)[C@H](CCOC1CCCCO1)NC(=O)OC(C)(C)C. The molecule has 1 aliphatic rings. The molecule has 0 aromatic heterocycles. The molecule has 0 aliphatic carbocycles. The van der Waals surface area contributed by atoms with Crippen LogP contribution in [0.25, 0.3) is 0 Å². The molecule has 1 aliphatic heterocycles. The average Bonchev–Trinajstić information content (AvgIpc) is 2.45. The molecule has 0 radical (unpaired) electrons. The number of alkyl carbamates (subject to hydrolysis) is 1. The van der Waals surface area contributed by atoms with Crippen LogP contribution in [0.1, 0.15) is 53.4 Å². The van der Waals surface area contributed by atoms with Gasteiger partial charge in [-0.25, -0.2) is 9.59 Å². The molecule has 134 valence electrons. The number of hydrogen-bond acceptors (Lipinski definition) is 6. The molecule has 2 atom stereocenters. The molecule has 1 amide bonds. The van der Waals surface area contributed by atoms with Crippen LogP contribution in [-0.4, -0.2) is 49.8 Å². The first-order valence-electron chi connectivity index (χ1n) is 8.21. The van der Waals surface area contributed by atoms with Gasteiger partial charge in [0, 0.05) is 13.0 Å². The smallest absolute Gasteiger partial charge is 0.408 e. The van der Waals surface area contributed by atoms with E-state index in [-0.39, 0.29) is 12.9 Å². The summed E-state index contributed by atoms with van der Waals surface area (Å²) in [6, 6.07) is -0.798. The van der Waals surface area contributed by atoms with Crippen molar-refractivity contribution in [3.8, 4) is 0 Å². The molecule has 7 nitrogen and oxygen atoms in total. The minimum atomic E-state index is -0.798. The Labute approximate surface area is 138 Å². The molecule has 1 rings (SSSR count). The molecular weight excluding hydrogens is 302 g/mol. The van der Waals surface area contributed by atoms with E-state index >= 15 is 0 Å². The molecule has 1 unspecified atom stereocenters. The lowest BCUT2D eigenvalue weighted by Gasteiger charge is -2.25. The first-order valence-corrected chi connectivity index (χ1v) is 8.21. The molecular formula is C16H29NO6. The van der Waals surface area contributed by atoms with Crippen molar-refractivity contribution in [2.75, 3.05) is 19.8 Å². The van der Waals surface area contributed by atoms with Crippen molar-refractivity contribution in [1.29, 1.82) is 0 Å². The van der Waals surface area contributed by atoms with E-state index in [1.165, 1.54) is 0 Å². The number of rotatable bonds is 7. The van der Waals surface area contributed by atoms with E-state index in [0.717, 1.165) is 19.3 Å². The van der Waals surface area contributed by atoms with Gasteiger partial charge in [-0.15, -0.1) is 0 Å². The molecule has 1 heterocycles. The number of nitrogens with one attached hydrogen (secondary N) is 1. The summed E-state index contributed by atoms with van der Waals surface area (Å²) in [5.41, 5.74) is -0.629. The highest BCUT2D eigenvalue weighted by atomic mass is 16.7. The van der Waals surface area contributed by atoms with Gasteiger partial charge in [-0.2, -0.15) is 0 Å². The van der Waals surface area contributed by atoms with Crippen molar-refractivity contribution in [2.24, 2.45) is 0 Å². The van der Waals surface area contributed by atoms with Gasteiger partial charge in [0.25, 0.3) is 0 Å². The van der Waals surface area contributed by atoms with Gasteiger partial charge in [-0.05, 0) is 47.0 Å². The normalized spacial score (nSPS) is 19.7. The highest BCUT2D eigenvalue weighted by molar-refractivity contribution is 5.81. The van der Waals surface area contributed by atoms with E-state index in [1.54, 1.807) is 27.7 Å². The predicted molar refractivity (Wildman–Crippen MR) is 84.0 cm³/mol. The highest BCUT2D eigenvalue weighted by Gasteiger charge is 2.26. The fourth-order valence-corrected chi connectivity index (χ4v) is 2.10. The second-order valence-corrected chi connectivity index (χ2v) is 6.41. The standard InChI is InChI=1S/C16H29NO6/c1-5-20-14(18)12(17-15(19)23-16(2,3)4)9-11-22-13-8-6-7-10-21-13/h12-13H,5-11H2,1-4H3,(H,17,19)/t12-,13?/m0/s1. The zero-order chi connectivity index (χ0) is 17.3. The summed E-state index contributed by atoms with van der Waals surface area (Å²) in [5, 5.41) is 2.54. The van der Waals surface area contributed by atoms with Crippen LogP contribution in [0, 0.1) is 0 Å². The monoisotopic (exact) mass is 331 g/mol. The lowest BCUT2D eigenvalue weighted by molar-refractivity contribution is -0.166. The summed E-state index contributed by atoms with van der Waals surface area (Å²) in [5.74, 6) is -0.494. The van der Waals surface area contributed by atoms with Gasteiger partial charge < -0.3 is 24.3 Å². The first kappa shape index (κ1) is 19.7. The molecule has 0 saturated carbocycles. The van der Waals surface area contributed by atoms with Crippen LogP contribution < -0.4 is 5.32 Å². The molecule has 1 N–H and O–H groups in total. The summed E-state index contributed by atoms with van der Waals surface area (Å²) in [4.78, 5) is 23.8. The topological polar surface area (TPSA) is 83.1 Å². The number of amides is 1. The van der Waals surface area contributed by atoms with E-state index in [0.29, 0.717) is 19.6 Å². The lowest BCUT2D eigenvalue weighted by Crippen LogP contribution is -2.45. The maximum absolute atomic E-state index is 11.9.